The minimum absolute atomic E-state index is 0.00354. The van der Waals surface area contributed by atoms with Crippen LogP contribution in [0.2, 0.25) is 0 Å². The predicted molar refractivity (Wildman–Crippen MR) is 101 cm³/mol. The van der Waals surface area contributed by atoms with Gasteiger partial charge in [0.15, 0.2) is 0 Å². The van der Waals surface area contributed by atoms with E-state index in [4.69, 9.17) is 0 Å². The van der Waals surface area contributed by atoms with Crippen LogP contribution in [0.5, 0.6) is 0 Å². The van der Waals surface area contributed by atoms with E-state index in [1.54, 1.807) is 24.0 Å². The van der Waals surface area contributed by atoms with Crippen LogP contribution in [0.25, 0.3) is 0 Å². The molecule has 0 aromatic heterocycles. The van der Waals surface area contributed by atoms with E-state index in [-0.39, 0.29) is 18.5 Å². The number of urea groups is 1. The molecule has 27 heavy (non-hydrogen) atoms. The smallest absolute Gasteiger partial charge is 0.319 e. The maximum absolute atomic E-state index is 13.0. The molecule has 0 radical (unpaired) electrons. The summed E-state index contributed by atoms with van der Waals surface area (Å²) in [4.78, 5) is 41.1. The molecule has 2 aliphatic rings. The molecule has 0 bridgehead atoms. The lowest BCUT2D eigenvalue weighted by Gasteiger charge is -2.25. The molecule has 6 heteroatoms. The Bertz CT molecular complexity index is 927. The van der Waals surface area contributed by atoms with Crippen LogP contribution >= 0.6 is 0 Å². The van der Waals surface area contributed by atoms with Crippen LogP contribution in [0.15, 0.2) is 54.6 Å². The third-order valence-corrected chi connectivity index (χ3v) is 5.40. The molecule has 0 saturated carbocycles. The van der Waals surface area contributed by atoms with Gasteiger partial charge in [0.1, 0.15) is 12.1 Å². The Hall–Kier alpha value is -3.15. The van der Waals surface area contributed by atoms with Crippen molar-refractivity contribution in [3.63, 3.8) is 0 Å². The maximum atomic E-state index is 13.0. The first-order valence-corrected chi connectivity index (χ1v) is 9.01. The minimum Gasteiger partial charge on any atom is -0.319 e. The fourth-order valence-electron chi connectivity index (χ4n) is 3.96. The molecule has 6 nitrogen and oxygen atoms in total. The average molecular weight is 363 g/mol. The van der Waals surface area contributed by atoms with Gasteiger partial charge < -0.3 is 10.2 Å². The van der Waals surface area contributed by atoms with Crippen molar-refractivity contribution < 1.29 is 14.4 Å². The molecule has 2 aromatic carbocycles. The highest BCUT2D eigenvalue weighted by molar-refractivity contribution is 6.10. The Morgan fingerprint density at radius 1 is 1.11 bits per heavy atom. The number of hydrogen-bond donors (Lipinski definition) is 1. The molecule has 2 atom stereocenters. The van der Waals surface area contributed by atoms with Crippen LogP contribution < -0.4 is 10.2 Å². The van der Waals surface area contributed by atoms with E-state index in [2.05, 4.69) is 5.32 Å². The van der Waals surface area contributed by atoms with Gasteiger partial charge >= 0.3 is 6.03 Å². The van der Waals surface area contributed by atoms with E-state index in [0.717, 1.165) is 22.6 Å². The number of nitrogens with zero attached hydrogens (tertiary/aromatic N) is 2. The lowest BCUT2D eigenvalue weighted by Crippen LogP contribution is -2.46. The fourth-order valence-corrected chi connectivity index (χ4v) is 3.96. The molecule has 0 spiro atoms. The van der Waals surface area contributed by atoms with E-state index < -0.39 is 17.5 Å². The highest BCUT2D eigenvalue weighted by atomic mass is 16.2. The third-order valence-electron chi connectivity index (χ3n) is 5.40. The summed E-state index contributed by atoms with van der Waals surface area (Å²) < 4.78 is 0. The Morgan fingerprint density at radius 2 is 1.78 bits per heavy atom. The standard InChI is InChI=1S/C21H21N3O3/c1-14-12-15-8-6-7-11-17(15)24(14)18(25)13-23-19(26)21(2,22-20(23)27)16-9-4-3-5-10-16/h3-11,14H,12-13H2,1-2H3,(H,22,27)/t14-,21-/m1/s1. The minimum atomic E-state index is -1.16. The molecular weight excluding hydrogens is 342 g/mol. The zero-order chi connectivity index (χ0) is 19.2. The molecule has 138 valence electrons. The average Bonchev–Trinajstić information content (AvgIpc) is 3.11. The van der Waals surface area contributed by atoms with Gasteiger partial charge in [0.25, 0.3) is 5.91 Å². The van der Waals surface area contributed by atoms with Crippen LogP contribution in [-0.4, -0.2) is 35.3 Å². The molecule has 2 heterocycles. The second kappa shape index (κ2) is 6.23. The van der Waals surface area contributed by atoms with Gasteiger partial charge in [-0.2, -0.15) is 0 Å². The summed E-state index contributed by atoms with van der Waals surface area (Å²) in [6.45, 7) is 3.37. The quantitative estimate of drug-likeness (QED) is 0.852. The molecular formula is C21H21N3O3. The Morgan fingerprint density at radius 3 is 2.52 bits per heavy atom. The maximum Gasteiger partial charge on any atom is 0.325 e. The molecule has 4 rings (SSSR count). The van der Waals surface area contributed by atoms with E-state index in [1.165, 1.54) is 0 Å². The Balaban J connectivity index is 1.57. The van der Waals surface area contributed by atoms with Gasteiger partial charge in [-0.1, -0.05) is 48.5 Å². The topological polar surface area (TPSA) is 69.7 Å². The highest BCUT2D eigenvalue weighted by Crippen LogP contribution is 2.33. The Kier molecular flexibility index (Phi) is 3.98. The molecule has 0 unspecified atom stereocenters. The second-order valence-electron chi connectivity index (χ2n) is 7.26. The molecule has 2 aromatic rings. The van der Waals surface area contributed by atoms with Crippen LogP contribution in [0, 0.1) is 0 Å². The summed E-state index contributed by atoms with van der Waals surface area (Å²) in [5.74, 6) is -0.666. The van der Waals surface area contributed by atoms with Crippen molar-refractivity contribution >= 4 is 23.5 Å². The highest BCUT2D eigenvalue weighted by Gasteiger charge is 2.50. The first kappa shape index (κ1) is 17.3. The third kappa shape index (κ3) is 2.68. The van der Waals surface area contributed by atoms with Crippen molar-refractivity contribution in [3.8, 4) is 0 Å². The number of carbonyl (C=O) groups excluding carboxylic acids is 3. The van der Waals surface area contributed by atoms with E-state index in [1.807, 2.05) is 49.4 Å². The van der Waals surface area contributed by atoms with Crippen molar-refractivity contribution in [1.29, 1.82) is 0 Å². The first-order valence-electron chi connectivity index (χ1n) is 9.01. The van der Waals surface area contributed by atoms with Crippen LogP contribution in [0.1, 0.15) is 25.0 Å². The number of amides is 4. The van der Waals surface area contributed by atoms with Gasteiger partial charge in [-0.05, 0) is 37.5 Å². The number of para-hydroxylation sites is 1. The molecule has 0 aliphatic carbocycles. The molecule has 1 N–H and O–H groups in total. The normalized spacial score (nSPS) is 24.1. The van der Waals surface area contributed by atoms with Crippen molar-refractivity contribution in [1.82, 2.24) is 10.2 Å². The van der Waals surface area contributed by atoms with E-state index in [0.29, 0.717) is 5.56 Å². The van der Waals surface area contributed by atoms with Crippen LogP contribution in [0.3, 0.4) is 0 Å². The van der Waals surface area contributed by atoms with Crippen molar-refractivity contribution in [2.24, 2.45) is 0 Å². The van der Waals surface area contributed by atoms with Gasteiger partial charge in [0.05, 0.1) is 0 Å². The number of rotatable bonds is 3. The summed E-state index contributed by atoms with van der Waals surface area (Å²) in [5.41, 5.74) is 1.49. The fraction of sp³-hybridized carbons (Fsp3) is 0.286. The Labute approximate surface area is 157 Å². The number of hydrogen-bond acceptors (Lipinski definition) is 3. The lowest BCUT2D eigenvalue weighted by molar-refractivity contribution is -0.134. The van der Waals surface area contributed by atoms with Gasteiger partial charge in [-0.25, -0.2) is 4.79 Å². The van der Waals surface area contributed by atoms with Crippen molar-refractivity contribution in [3.05, 3.63) is 65.7 Å². The van der Waals surface area contributed by atoms with Crippen LogP contribution in [0.4, 0.5) is 10.5 Å². The van der Waals surface area contributed by atoms with E-state index in [9.17, 15) is 14.4 Å². The SMILES string of the molecule is C[C@@H]1Cc2ccccc2N1C(=O)CN1C(=O)N[C@](C)(c2ccccc2)C1=O. The van der Waals surface area contributed by atoms with Gasteiger partial charge in [-0.15, -0.1) is 0 Å². The molecule has 1 saturated heterocycles. The van der Waals surface area contributed by atoms with Gasteiger partial charge in [0.2, 0.25) is 5.91 Å². The summed E-state index contributed by atoms with van der Waals surface area (Å²) in [6, 6.07) is 16.3. The van der Waals surface area contributed by atoms with Gasteiger partial charge in [0, 0.05) is 11.7 Å². The monoisotopic (exact) mass is 363 g/mol. The lowest BCUT2D eigenvalue weighted by atomic mass is 9.92. The first-order chi connectivity index (χ1) is 12.9. The molecule has 2 aliphatic heterocycles. The number of nitrogens with one attached hydrogen (secondary N) is 1. The predicted octanol–water partition coefficient (Wildman–Crippen LogP) is 2.43. The number of carbonyl (C=O) groups is 3. The van der Waals surface area contributed by atoms with Crippen molar-refractivity contribution in [2.45, 2.75) is 31.8 Å². The second-order valence-corrected chi connectivity index (χ2v) is 7.26. The number of imide groups is 1. The summed E-state index contributed by atoms with van der Waals surface area (Å²) in [6.07, 6.45) is 0.768. The molecule has 4 amide bonds. The zero-order valence-electron chi connectivity index (χ0n) is 15.3. The molecule has 1 fully saturated rings. The largest absolute Gasteiger partial charge is 0.325 e. The van der Waals surface area contributed by atoms with E-state index >= 15 is 0 Å². The zero-order valence-corrected chi connectivity index (χ0v) is 15.3. The summed E-state index contributed by atoms with van der Waals surface area (Å²) >= 11 is 0. The van der Waals surface area contributed by atoms with Crippen LogP contribution in [-0.2, 0) is 21.5 Å². The summed E-state index contributed by atoms with van der Waals surface area (Å²) in [7, 11) is 0. The number of fused-ring (bicyclic) bond motifs is 1. The number of benzene rings is 2. The van der Waals surface area contributed by atoms with Gasteiger partial charge in [-0.3, -0.25) is 14.5 Å². The van der Waals surface area contributed by atoms with Crippen molar-refractivity contribution in [2.75, 3.05) is 11.4 Å². The number of anilines is 1. The summed E-state index contributed by atoms with van der Waals surface area (Å²) in [5, 5.41) is 2.74.